The molecule has 0 amide bonds. The molecule has 1 fully saturated rings. The lowest BCUT2D eigenvalue weighted by molar-refractivity contribution is 0.122. The van der Waals surface area contributed by atoms with Gasteiger partial charge in [-0.2, -0.15) is 15.0 Å². The summed E-state index contributed by atoms with van der Waals surface area (Å²) in [6, 6.07) is 14.0. The van der Waals surface area contributed by atoms with Crippen LogP contribution < -0.4 is 15.5 Å². The lowest BCUT2D eigenvalue weighted by atomic mass is 10.2. The van der Waals surface area contributed by atoms with Crippen LogP contribution in [0.4, 0.5) is 33.6 Å². The van der Waals surface area contributed by atoms with E-state index in [0.29, 0.717) is 49.8 Å². The van der Waals surface area contributed by atoms with Crippen molar-refractivity contribution in [1.82, 2.24) is 15.0 Å². The zero-order chi connectivity index (χ0) is 19.3. The van der Waals surface area contributed by atoms with Crippen LogP contribution in [0.5, 0.6) is 0 Å². The zero-order valence-electron chi connectivity index (χ0n) is 15.5. The van der Waals surface area contributed by atoms with Gasteiger partial charge in [-0.1, -0.05) is 12.1 Å². The fraction of sp³-hybridized carbons (Fsp3) is 0.250. The fourth-order valence-corrected chi connectivity index (χ4v) is 2.90. The molecule has 0 atom stereocenters. The van der Waals surface area contributed by atoms with Crippen LogP contribution in [-0.2, 0) is 4.74 Å². The van der Waals surface area contributed by atoms with Gasteiger partial charge in [0.15, 0.2) is 0 Å². The van der Waals surface area contributed by atoms with Crippen LogP contribution >= 0.6 is 0 Å². The van der Waals surface area contributed by atoms with Gasteiger partial charge in [0.25, 0.3) is 0 Å². The molecule has 0 bridgehead atoms. The van der Waals surface area contributed by atoms with Crippen molar-refractivity contribution < 1.29 is 9.13 Å². The SMILES string of the molecule is Cc1cccc(Nc2nc(Nc3ccc(F)cc3)nc(N3CCOCC3)n2)c1. The van der Waals surface area contributed by atoms with Crippen LogP contribution in [0.1, 0.15) is 5.56 Å². The second kappa shape index (κ2) is 8.18. The highest BCUT2D eigenvalue weighted by Gasteiger charge is 2.17. The Morgan fingerprint density at radius 3 is 2.25 bits per heavy atom. The predicted octanol–water partition coefficient (Wildman–Crippen LogP) is 3.64. The maximum Gasteiger partial charge on any atom is 0.233 e. The van der Waals surface area contributed by atoms with Gasteiger partial charge in [-0.3, -0.25) is 0 Å². The van der Waals surface area contributed by atoms with E-state index in [-0.39, 0.29) is 5.82 Å². The van der Waals surface area contributed by atoms with Gasteiger partial charge in [0.05, 0.1) is 13.2 Å². The number of nitrogens with zero attached hydrogens (tertiary/aromatic N) is 4. The molecule has 2 N–H and O–H groups in total. The normalized spacial score (nSPS) is 14.0. The zero-order valence-corrected chi connectivity index (χ0v) is 15.5. The molecule has 0 aliphatic carbocycles. The first-order valence-corrected chi connectivity index (χ1v) is 9.11. The maximum absolute atomic E-state index is 13.2. The Balaban J connectivity index is 1.64. The average Bonchev–Trinajstić information content (AvgIpc) is 2.70. The van der Waals surface area contributed by atoms with Crippen LogP contribution in [0.25, 0.3) is 0 Å². The Kier molecular flexibility index (Phi) is 5.29. The van der Waals surface area contributed by atoms with E-state index in [1.54, 1.807) is 12.1 Å². The summed E-state index contributed by atoms with van der Waals surface area (Å²) < 4.78 is 18.6. The summed E-state index contributed by atoms with van der Waals surface area (Å²) in [7, 11) is 0. The van der Waals surface area contributed by atoms with E-state index < -0.39 is 0 Å². The topological polar surface area (TPSA) is 75.2 Å². The number of aryl methyl sites for hydroxylation is 1. The van der Waals surface area contributed by atoms with Crippen LogP contribution in [0, 0.1) is 12.7 Å². The molecule has 7 nitrogen and oxygen atoms in total. The van der Waals surface area contributed by atoms with E-state index in [4.69, 9.17) is 4.74 Å². The third-order valence-electron chi connectivity index (χ3n) is 4.29. The van der Waals surface area contributed by atoms with Crippen molar-refractivity contribution in [2.24, 2.45) is 0 Å². The van der Waals surface area contributed by atoms with E-state index in [9.17, 15) is 4.39 Å². The Hall–Kier alpha value is -3.26. The minimum atomic E-state index is -0.294. The molecule has 0 radical (unpaired) electrons. The van der Waals surface area contributed by atoms with Gasteiger partial charge in [-0.15, -0.1) is 0 Å². The van der Waals surface area contributed by atoms with Crippen LogP contribution in [0.3, 0.4) is 0 Å². The summed E-state index contributed by atoms with van der Waals surface area (Å²) >= 11 is 0. The van der Waals surface area contributed by atoms with Gasteiger partial charge in [-0.05, 0) is 48.9 Å². The second-order valence-electron chi connectivity index (χ2n) is 6.51. The summed E-state index contributed by atoms with van der Waals surface area (Å²) in [4.78, 5) is 15.6. The maximum atomic E-state index is 13.2. The van der Waals surface area contributed by atoms with Crippen molar-refractivity contribution in [3.8, 4) is 0 Å². The van der Waals surface area contributed by atoms with Crippen LogP contribution in [0.15, 0.2) is 48.5 Å². The third-order valence-corrected chi connectivity index (χ3v) is 4.29. The molecule has 0 unspecified atom stereocenters. The monoisotopic (exact) mass is 380 g/mol. The second-order valence-corrected chi connectivity index (χ2v) is 6.51. The van der Waals surface area contributed by atoms with Crippen molar-refractivity contribution in [2.75, 3.05) is 41.8 Å². The molecular weight excluding hydrogens is 359 g/mol. The molecule has 2 aromatic carbocycles. The lowest BCUT2D eigenvalue weighted by Crippen LogP contribution is -2.37. The summed E-state index contributed by atoms with van der Waals surface area (Å²) in [6.45, 7) is 4.72. The largest absolute Gasteiger partial charge is 0.378 e. The van der Waals surface area contributed by atoms with Crippen molar-refractivity contribution in [3.05, 3.63) is 59.9 Å². The number of benzene rings is 2. The molecule has 1 aliphatic heterocycles. The molecule has 4 rings (SSSR count). The Morgan fingerprint density at radius 1 is 0.893 bits per heavy atom. The van der Waals surface area contributed by atoms with Gasteiger partial charge in [0.1, 0.15) is 5.82 Å². The average molecular weight is 380 g/mol. The first kappa shape index (κ1) is 18.1. The van der Waals surface area contributed by atoms with Crippen molar-refractivity contribution in [1.29, 1.82) is 0 Å². The number of aromatic nitrogens is 3. The van der Waals surface area contributed by atoms with E-state index in [0.717, 1.165) is 11.3 Å². The highest BCUT2D eigenvalue weighted by atomic mass is 19.1. The van der Waals surface area contributed by atoms with Gasteiger partial charge in [-0.25, -0.2) is 4.39 Å². The van der Waals surface area contributed by atoms with Gasteiger partial charge >= 0.3 is 0 Å². The molecule has 1 aliphatic rings. The Labute approximate surface area is 162 Å². The van der Waals surface area contributed by atoms with Gasteiger partial charge in [0.2, 0.25) is 17.8 Å². The molecule has 2 heterocycles. The summed E-state index contributed by atoms with van der Waals surface area (Å²) in [5, 5.41) is 6.36. The smallest absolute Gasteiger partial charge is 0.233 e. The predicted molar refractivity (Wildman–Crippen MR) is 107 cm³/mol. The van der Waals surface area contributed by atoms with Crippen molar-refractivity contribution in [3.63, 3.8) is 0 Å². The number of anilines is 5. The van der Waals surface area contributed by atoms with E-state index >= 15 is 0 Å². The molecule has 0 spiro atoms. The number of hydrogen-bond donors (Lipinski definition) is 2. The summed E-state index contributed by atoms with van der Waals surface area (Å²) in [5.74, 6) is 1.10. The van der Waals surface area contributed by atoms with E-state index in [1.165, 1.54) is 12.1 Å². The lowest BCUT2D eigenvalue weighted by Gasteiger charge is -2.27. The highest BCUT2D eigenvalue weighted by molar-refractivity contribution is 5.59. The molecule has 1 saturated heterocycles. The van der Waals surface area contributed by atoms with Crippen LogP contribution in [-0.4, -0.2) is 41.3 Å². The minimum Gasteiger partial charge on any atom is -0.378 e. The summed E-state index contributed by atoms with van der Waals surface area (Å²) in [5.41, 5.74) is 2.73. The minimum absolute atomic E-state index is 0.294. The molecule has 0 saturated carbocycles. The molecule has 8 heteroatoms. The number of ether oxygens (including phenoxy) is 1. The quantitative estimate of drug-likeness (QED) is 0.700. The third kappa shape index (κ3) is 4.52. The molecule has 144 valence electrons. The number of morpholine rings is 1. The highest BCUT2D eigenvalue weighted by Crippen LogP contribution is 2.21. The van der Waals surface area contributed by atoms with E-state index in [2.05, 4.69) is 30.5 Å². The van der Waals surface area contributed by atoms with Gasteiger partial charge < -0.3 is 20.3 Å². The first-order valence-electron chi connectivity index (χ1n) is 9.11. The molecular formula is C20H21FN6O. The number of halogens is 1. The number of nitrogens with one attached hydrogen (secondary N) is 2. The summed E-state index contributed by atoms with van der Waals surface area (Å²) in [6.07, 6.45) is 0. The fourth-order valence-electron chi connectivity index (χ4n) is 2.90. The Morgan fingerprint density at radius 2 is 1.57 bits per heavy atom. The standard InChI is InChI=1S/C20H21FN6O/c1-14-3-2-4-17(13-14)23-19-24-18(22-16-7-5-15(21)6-8-16)25-20(26-19)27-9-11-28-12-10-27/h2-8,13H,9-12H2,1H3,(H2,22,23,24,25,26). The van der Waals surface area contributed by atoms with E-state index in [1.807, 2.05) is 31.2 Å². The molecule has 1 aromatic heterocycles. The number of hydrogen-bond acceptors (Lipinski definition) is 7. The van der Waals surface area contributed by atoms with Crippen molar-refractivity contribution >= 4 is 29.2 Å². The molecule has 3 aromatic rings. The number of rotatable bonds is 5. The molecule has 28 heavy (non-hydrogen) atoms. The van der Waals surface area contributed by atoms with Crippen LogP contribution in [0.2, 0.25) is 0 Å². The van der Waals surface area contributed by atoms with Gasteiger partial charge in [0, 0.05) is 24.5 Å². The van der Waals surface area contributed by atoms with Crippen molar-refractivity contribution in [2.45, 2.75) is 6.92 Å². The first-order chi connectivity index (χ1) is 13.7. The Bertz CT molecular complexity index is 944.